The fraction of sp³-hybridized carbons (Fsp3) is 0.176. The van der Waals surface area contributed by atoms with Gasteiger partial charge < -0.3 is 15.4 Å². The van der Waals surface area contributed by atoms with E-state index in [9.17, 15) is 9.59 Å². The number of carbonyl (C=O) groups is 2. The Kier molecular flexibility index (Phi) is 6.03. The first-order valence-electron chi connectivity index (χ1n) is 7.23. The Labute approximate surface area is 145 Å². The van der Waals surface area contributed by atoms with Gasteiger partial charge in [0, 0.05) is 22.9 Å². The van der Waals surface area contributed by atoms with E-state index in [4.69, 9.17) is 11.6 Å². The summed E-state index contributed by atoms with van der Waals surface area (Å²) in [5.74, 6) is 0. The number of hydrogen-bond donors (Lipinski definition) is 3. The lowest BCUT2D eigenvalue weighted by atomic mass is 10.2. The molecule has 3 amide bonds. The van der Waals surface area contributed by atoms with Gasteiger partial charge in [0.1, 0.15) is 0 Å². The second-order valence-electron chi connectivity index (χ2n) is 5.09. The van der Waals surface area contributed by atoms with Crippen molar-refractivity contribution in [3.63, 3.8) is 0 Å². The monoisotopic (exact) mass is 347 g/mol. The number of aryl methyl sites for hydroxylation is 1. The molecule has 2 rings (SSSR count). The minimum Gasteiger partial charge on any atom is -0.453 e. The van der Waals surface area contributed by atoms with Crippen LogP contribution in [0.4, 0.5) is 21.0 Å². The van der Waals surface area contributed by atoms with Gasteiger partial charge in [-0.15, -0.1) is 0 Å². The van der Waals surface area contributed by atoms with E-state index in [2.05, 4.69) is 20.7 Å². The summed E-state index contributed by atoms with van der Waals surface area (Å²) in [6, 6.07) is 12.1. The van der Waals surface area contributed by atoms with Crippen molar-refractivity contribution in [2.24, 2.45) is 0 Å². The standard InChI is InChI=1S/C17H18ClN3O3/c1-11-3-6-14(9-15(11)18)20-16(22)19-10-12-4-7-13(8-5-12)21-17(23)24-2/h3-9H,10H2,1-2H3,(H,21,23)(H2,19,20,22). The molecular formula is C17H18ClN3O3. The summed E-state index contributed by atoms with van der Waals surface area (Å²) < 4.78 is 4.51. The second kappa shape index (κ2) is 8.21. The van der Waals surface area contributed by atoms with Crippen LogP contribution in [0.15, 0.2) is 42.5 Å². The first-order chi connectivity index (χ1) is 11.5. The molecule has 0 heterocycles. The highest BCUT2D eigenvalue weighted by Gasteiger charge is 2.04. The maximum atomic E-state index is 11.9. The summed E-state index contributed by atoms with van der Waals surface area (Å²) in [4.78, 5) is 23.0. The van der Waals surface area contributed by atoms with Crippen molar-refractivity contribution in [3.8, 4) is 0 Å². The summed E-state index contributed by atoms with van der Waals surface area (Å²) in [5, 5.41) is 8.62. The van der Waals surface area contributed by atoms with Crippen LogP contribution in [-0.2, 0) is 11.3 Å². The zero-order chi connectivity index (χ0) is 17.5. The van der Waals surface area contributed by atoms with Crippen molar-refractivity contribution in [1.29, 1.82) is 0 Å². The lowest BCUT2D eigenvalue weighted by Crippen LogP contribution is -2.28. The Morgan fingerprint density at radius 1 is 1.04 bits per heavy atom. The minimum atomic E-state index is -0.531. The molecule has 0 aliphatic heterocycles. The molecule has 2 aromatic rings. The Bertz CT molecular complexity index is 732. The maximum absolute atomic E-state index is 11.9. The van der Waals surface area contributed by atoms with Crippen LogP contribution in [0.2, 0.25) is 5.02 Å². The average Bonchev–Trinajstić information content (AvgIpc) is 2.57. The lowest BCUT2D eigenvalue weighted by molar-refractivity contribution is 0.187. The van der Waals surface area contributed by atoms with Gasteiger partial charge in [0.2, 0.25) is 0 Å². The average molecular weight is 348 g/mol. The molecule has 0 spiro atoms. The van der Waals surface area contributed by atoms with Crippen molar-refractivity contribution in [2.75, 3.05) is 17.7 Å². The molecule has 0 aromatic heterocycles. The molecule has 0 aliphatic carbocycles. The fourth-order valence-electron chi connectivity index (χ4n) is 1.90. The first kappa shape index (κ1) is 17.6. The van der Waals surface area contributed by atoms with Crippen molar-refractivity contribution in [2.45, 2.75) is 13.5 Å². The number of nitrogens with one attached hydrogen (secondary N) is 3. The van der Waals surface area contributed by atoms with Crippen LogP contribution in [0.25, 0.3) is 0 Å². The highest BCUT2D eigenvalue weighted by molar-refractivity contribution is 6.31. The van der Waals surface area contributed by atoms with Crippen LogP contribution in [0.1, 0.15) is 11.1 Å². The number of benzene rings is 2. The van der Waals surface area contributed by atoms with Gasteiger partial charge in [-0.05, 0) is 42.3 Å². The maximum Gasteiger partial charge on any atom is 0.411 e. The van der Waals surface area contributed by atoms with E-state index in [1.54, 1.807) is 36.4 Å². The van der Waals surface area contributed by atoms with E-state index in [-0.39, 0.29) is 6.03 Å². The van der Waals surface area contributed by atoms with Crippen LogP contribution in [-0.4, -0.2) is 19.2 Å². The van der Waals surface area contributed by atoms with Gasteiger partial charge in [-0.25, -0.2) is 9.59 Å². The van der Waals surface area contributed by atoms with Crippen LogP contribution in [0.5, 0.6) is 0 Å². The van der Waals surface area contributed by atoms with Gasteiger partial charge in [-0.2, -0.15) is 0 Å². The Morgan fingerprint density at radius 2 is 1.71 bits per heavy atom. The van der Waals surface area contributed by atoms with E-state index in [0.717, 1.165) is 11.1 Å². The third-order valence-corrected chi connectivity index (χ3v) is 3.68. The number of rotatable bonds is 4. The van der Waals surface area contributed by atoms with Gasteiger partial charge in [-0.1, -0.05) is 29.8 Å². The van der Waals surface area contributed by atoms with Crippen LogP contribution >= 0.6 is 11.6 Å². The molecule has 0 fully saturated rings. The van der Waals surface area contributed by atoms with E-state index in [1.807, 2.05) is 13.0 Å². The number of carbonyl (C=O) groups excluding carboxylic acids is 2. The first-order valence-corrected chi connectivity index (χ1v) is 7.60. The highest BCUT2D eigenvalue weighted by Crippen LogP contribution is 2.19. The second-order valence-corrected chi connectivity index (χ2v) is 5.49. The quantitative estimate of drug-likeness (QED) is 0.777. The fourth-order valence-corrected chi connectivity index (χ4v) is 2.08. The van der Waals surface area contributed by atoms with Gasteiger partial charge in [0.25, 0.3) is 0 Å². The topological polar surface area (TPSA) is 79.5 Å². The molecule has 6 nitrogen and oxygen atoms in total. The van der Waals surface area contributed by atoms with Crippen molar-refractivity contribution >= 4 is 35.1 Å². The van der Waals surface area contributed by atoms with Gasteiger partial charge >= 0.3 is 12.1 Å². The molecular weight excluding hydrogens is 330 g/mol. The summed E-state index contributed by atoms with van der Waals surface area (Å²) in [7, 11) is 1.30. The zero-order valence-electron chi connectivity index (χ0n) is 13.4. The number of amides is 3. The Hall–Kier alpha value is -2.73. The van der Waals surface area contributed by atoms with Gasteiger partial charge in [0.15, 0.2) is 0 Å². The molecule has 2 aromatic carbocycles. The molecule has 126 valence electrons. The van der Waals surface area contributed by atoms with Crippen molar-refractivity contribution < 1.29 is 14.3 Å². The molecule has 3 N–H and O–H groups in total. The summed E-state index contributed by atoms with van der Waals surface area (Å²) >= 11 is 6.02. The minimum absolute atomic E-state index is 0.327. The summed E-state index contributed by atoms with van der Waals surface area (Å²) in [6.07, 6.45) is -0.531. The normalized spacial score (nSPS) is 9.96. The van der Waals surface area contributed by atoms with Crippen molar-refractivity contribution in [3.05, 3.63) is 58.6 Å². The summed E-state index contributed by atoms with van der Waals surface area (Å²) in [5.41, 5.74) is 3.08. The lowest BCUT2D eigenvalue weighted by Gasteiger charge is -2.09. The molecule has 0 aliphatic rings. The molecule has 0 unspecified atom stereocenters. The molecule has 0 bridgehead atoms. The van der Waals surface area contributed by atoms with Crippen molar-refractivity contribution in [1.82, 2.24) is 5.32 Å². The Morgan fingerprint density at radius 3 is 2.33 bits per heavy atom. The van der Waals surface area contributed by atoms with Gasteiger partial charge in [-0.3, -0.25) is 5.32 Å². The number of urea groups is 1. The molecule has 0 radical (unpaired) electrons. The van der Waals surface area contributed by atoms with Crippen LogP contribution < -0.4 is 16.0 Å². The van der Waals surface area contributed by atoms with E-state index >= 15 is 0 Å². The highest BCUT2D eigenvalue weighted by atomic mass is 35.5. The molecule has 0 atom stereocenters. The van der Waals surface area contributed by atoms with E-state index < -0.39 is 6.09 Å². The Balaban J connectivity index is 1.85. The van der Waals surface area contributed by atoms with Crippen LogP contribution in [0.3, 0.4) is 0 Å². The number of ether oxygens (including phenoxy) is 1. The SMILES string of the molecule is COC(=O)Nc1ccc(CNC(=O)Nc2ccc(C)c(Cl)c2)cc1. The van der Waals surface area contributed by atoms with Crippen LogP contribution in [0, 0.1) is 6.92 Å². The number of hydrogen-bond acceptors (Lipinski definition) is 3. The number of methoxy groups -OCH3 is 1. The third kappa shape index (κ3) is 5.17. The third-order valence-electron chi connectivity index (χ3n) is 3.27. The molecule has 7 heteroatoms. The smallest absolute Gasteiger partial charge is 0.411 e. The summed E-state index contributed by atoms with van der Waals surface area (Å²) in [6.45, 7) is 2.24. The predicted molar refractivity (Wildman–Crippen MR) is 94.5 cm³/mol. The molecule has 0 saturated carbocycles. The molecule has 24 heavy (non-hydrogen) atoms. The number of anilines is 2. The zero-order valence-corrected chi connectivity index (χ0v) is 14.1. The van der Waals surface area contributed by atoms with Gasteiger partial charge in [0.05, 0.1) is 7.11 Å². The number of halogens is 1. The van der Waals surface area contributed by atoms with E-state index in [0.29, 0.717) is 22.9 Å². The largest absolute Gasteiger partial charge is 0.453 e. The van der Waals surface area contributed by atoms with E-state index in [1.165, 1.54) is 7.11 Å². The predicted octanol–water partition coefficient (Wildman–Crippen LogP) is 4.15. The molecule has 0 saturated heterocycles.